The number of hydrogen-bond acceptors (Lipinski definition) is 3. The third-order valence-corrected chi connectivity index (χ3v) is 2.85. The molecule has 0 fully saturated rings. The van der Waals surface area contributed by atoms with Crippen LogP contribution in [0.3, 0.4) is 0 Å². The molecule has 0 radical (unpaired) electrons. The molecule has 1 rings (SSSR count). The fourth-order valence-corrected chi connectivity index (χ4v) is 1.68. The highest BCUT2D eigenvalue weighted by Crippen LogP contribution is 2.32. The number of rotatable bonds is 4. The molecule has 0 aromatic heterocycles. The van der Waals surface area contributed by atoms with Gasteiger partial charge in [0.15, 0.2) is 0 Å². The summed E-state index contributed by atoms with van der Waals surface area (Å²) >= 11 is 5.99. The first-order chi connectivity index (χ1) is 7.37. The summed E-state index contributed by atoms with van der Waals surface area (Å²) in [5, 5.41) is 11.3. The summed E-state index contributed by atoms with van der Waals surface area (Å²) in [6, 6.07) is 4.71. The van der Waals surface area contributed by atoms with Crippen LogP contribution in [0.4, 0.5) is 5.69 Å². The van der Waals surface area contributed by atoms with E-state index in [2.05, 4.69) is 0 Å². The minimum atomic E-state index is -0.409. The Kier molecular flexibility index (Phi) is 3.88. The highest BCUT2D eigenvalue weighted by molar-refractivity contribution is 6.31. The molecule has 88 valence electrons. The Morgan fingerprint density at radius 3 is 2.62 bits per heavy atom. The molecule has 2 N–H and O–H groups in total. The predicted octanol–water partition coefficient (Wildman–Crippen LogP) is 2.78. The van der Waals surface area contributed by atoms with E-state index >= 15 is 0 Å². The molecule has 0 spiro atoms. The number of nitro groups is 1. The maximum absolute atomic E-state index is 10.9. The van der Waals surface area contributed by atoms with Crippen molar-refractivity contribution >= 4 is 17.3 Å². The predicted molar refractivity (Wildman–Crippen MR) is 64.6 cm³/mol. The van der Waals surface area contributed by atoms with Crippen molar-refractivity contribution < 1.29 is 4.92 Å². The SMILES string of the molecule is CC(C)(CN)Cc1c(Cl)cccc1[N+](=O)[O-]. The van der Waals surface area contributed by atoms with E-state index < -0.39 is 4.92 Å². The van der Waals surface area contributed by atoms with Crippen LogP contribution in [0.15, 0.2) is 18.2 Å². The molecule has 1 aromatic carbocycles. The molecule has 0 saturated carbocycles. The molecule has 5 heteroatoms. The van der Waals surface area contributed by atoms with E-state index in [1.807, 2.05) is 13.8 Å². The Hall–Kier alpha value is -1.13. The van der Waals surface area contributed by atoms with Crippen molar-refractivity contribution in [3.8, 4) is 0 Å². The van der Waals surface area contributed by atoms with Gasteiger partial charge in [0, 0.05) is 11.6 Å². The molecule has 0 atom stereocenters. The molecule has 0 aliphatic rings. The van der Waals surface area contributed by atoms with Crippen molar-refractivity contribution in [2.45, 2.75) is 20.3 Å². The summed E-state index contributed by atoms with van der Waals surface area (Å²) < 4.78 is 0. The van der Waals surface area contributed by atoms with Crippen LogP contribution >= 0.6 is 11.6 Å². The van der Waals surface area contributed by atoms with Crippen molar-refractivity contribution in [3.05, 3.63) is 38.9 Å². The Labute approximate surface area is 99.6 Å². The maximum atomic E-state index is 10.9. The summed E-state index contributed by atoms with van der Waals surface area (Å²) in [5.74, 6) is 0. The average Bonchev–Trinajstić information content (AvgIpc) is 2.20. The minimum absolute atomic E-state index is 0.0639. The van der Waals surface area contributed by atoms with Crippen LogP contribution in [-0.2, 0) is 6.42 Å². The van der Waals surface area contributed by atoms with Gasteiger partial charge in [0.1, 0.15) is 0 Å². The molecule has 1 aromatic rings. The Balaban J connectivity index is 3.16. The normalized spacial score (nSPS) is 11.5. The average molecular weight is 243 g/mol. The third-order valence-electron chi connectivity index (χ3n) is 2.50. The smallest absolute Gasteiger partial charge is 0.274 e. The van der Waals surface area contributed by atoms with E-state index in [1.54, 1.807) is 12.1 Å². The van der Waals surface area contributed by atoms with Crippen LogP contribution in [0, 0.1) is 15.5 Å². The van der Waals surface area contributed by atoms with E-state index in [-0.39, 0.29) is 11.1 Å². The third kappa shape index (κ3) is 2.93. The number of nitrogens with zero attached hydrogens (tertiary/aromatic N) is 1. The van der Waals surface area contributed by atoms with Gasteiger partial charge in [-0.1, -0.05) is 31.5 Å². The van der Waals surface area contributed by atoms with Crippen LogP contribution in [0.5, 0.6) is 0 Å². The van der Waals surface area contributed by atoms with Gasteiger partial charge in [-0.25, -0.2) is 0 Å². The molecular formula is C11H15ClN2O2. The zero-order valence-corrected chi connectivity index (χ0v) is 10.1. The van der Waals surface area contributed by atoms with Gasteiger partial charge in [0.25, 0.3) is 5.69 Å². The molecule has 0 heterocycles. The number of nitro benzene ring substituents is 1. The second kappa shape index (κ2) is 4.80. The van der Waals surface area contributed by atoms with Gasteiger partial charge >= 0.3 is 0 Å². The lowest BCUT2D eigenvalue weighted by Gasteiger charge is -2.22. The van der Waals surface area contributed by atoms with Crippen molar-refractivity contribution in [1.29, 1.82) is 0 Å². The van der Waals surface area contributed by atoms with Gasteiger partial charge < -0.3 is 5.73 Å². The second-order valence-corrected chi connectivity index (χ2v) is 4.95. The summed E-state index contributed by atoms with van der Waals surface area (Å²) in [6.07, 6.45) is 0.499. The second-order valence-electron chi connectivity index (χ2n) is 4.54. The fraction of sp³-hybridized carbons (Fsp3) is 0.455. The van der Waals surface area contributed by atoms with E-state index in [4.69, 9.17) is 17.3 Å². The van der Waals surface area contributed by atoms with E-state index in [1.165, 1.54) is 6.07 Å². The van der Waals surface area contributed by atoms with Gasteiger partial charge in [0.05, 0.1) is 9.95 Å². The van der Waals surface area contributed by atoms with Crippen LogP contribution in [0.25, 0.3) is 0 Å². The molecule has 0 aliphatic heterocycles. The van der Waals surface area contributed by atoms with Gasteiger partial charge in [-0.05, 0) is 24.4 Å². The van der Waals surface area contributed by atoms with Crippen LogP contribution in [0.2, 0.25) is 5.02 Å². The number of nitrogens with two attached hydrogens (primary N) is 1. The summed E-state index contributed by atoms with van der Waals surface area (Å²) in [4.78, 5) is 10.5. The standard InChI is InChI=1S/C11H15ClN2O2/c1-11(2,7-13)6-8-9(12)4-3-5-10(8)14(15)16/h3-5H,6-7,13H2,1-2H3. The molecular weight excluding hydrogens is 228 g/mol. The lowest BCUT2D eigenvalue weighted by Crippen LogP contribution is -2.26. The molecule has 0 saturated heterocycles. The van der Waals surface area contributed by atoms with Crippen molar-refractivity contribution in [3.63, 3.8) is 0 Å². The van der Waals surface area contributed by atoms with E-state index in [9.17, 15) is 10.1 Å². The van der Waals surface area contributed by atoms with E-state index in [0.717, 1.165) is 0 Å². The highest BCUT2D eigenvalue weighted by Gasteiger charge is 2.24. The zero-order valence-electron chi connectivity index (χ0n) is 9.37. The van der Waals surface area contributed by atoms with Crippen LogP contribution < -0.4 is 5.73 Å². The minimum Gasteiger partial charge on any atom is -0.330 e. The monoisotopic (exact) mass is 242 g/mol. The first kappa shape index (κ1) is 12.9. The van der Waals surface area contributed by atoms with Gasteiger partial charge in [0.2, 0.25) is 0 Å². The highest BCUT2D eigenvalue weighted by atomic mass is 35.5. The van der Waals surface area contributed by atoms with Crippen molar-refractivity contribution in [2.75, 3.05) is 6.54 Å². The first-order valence-corrected chi connectivity index (χ1v) is 5.37. The summed E-state index contributed by atoms with van der Waals surface area (Å²) in [6.45, 7) is 4.37. The number of benzene rings is 1. The number of halogens is 1. The fourth-order valence-electron chi connectivity index (χ4n) is 1.44. The Bertz CT molecular complexity index is 405. The molecule has 0 aliphatic carbocycles. The summed E-state index contributed by atoms with van der Waals surface area (Å²) in [7, 11) is 0. The lowest BCUT2D eigenvalue weighted by molar-refractivity contribution is -0.385. The van der Waals surface area contributed by atoms with Gasteiger partial charge in [-0.15, -0.1) is 0 Å². The maximum Gasteiger partial charge on any atom is 0.274 e. The van der Waals surface area contributed by atoms with Gasteiger partial charge in [-0.3, -0.25) is 10.1 Å². The van der Waals surface area contributed by atoms with Crippen LogP contribution in [0.1, 0.15) is 19.4 Å². The Morgan fingerprint density at radius 1 is 1.50 bits per heavy atom. The van der Waals surface area contributed by atoms with Crippen molar-refractivity contribution in [2.24, 2.45) is 11.1 Å². The molecule has 4 nitrogen and oxygen atoms in total. The van der Waals surface area contributed by atoms with Crippen LogP contribution in [-0.4, -0.2) is 11.5 Å². The van der Waals surface area contributed by atoms with Gasteiger partial charge in [-0.2, -0.15) is 0 Å². The largest absolute Gasteiger partial charge is 0.330 e. The van der Waals surface area contributed by atoms with E-state index in [0.29, 0.717) is 23.6 Å². The molecule has 0 bridgehead atoms. The molecule has 0 unspecified atom stereocenters. The summed E-state index contributed by atoms with van der Waals surface area (Å²) in [5.41, 5.74) is 6.04. The van der Waals surface area contributed by atoms with Crippen molar-refractivity contribution in [1.82, 2.24) is 0 Å². The topological polar surface area (TPSA) is 69.2 Å². The Morgan fingerprint density at radius 2 is 2.12 bits per heavy atom. The molecule has 0 amide bonds. The quantitative estimate of drug-likeness (QED) is 0.652. The first-order valence-electron chi connectivity index (χ1n) is 4.99. The zero-order chi connectivity index (χ0) is 12.3. The lowest BCUT2D eigenvalue weighted by atomic mass is 9.85. The number of hydrogen-bond donors (Lipinski definition) is 1. The molecule has 16 heavy (non-hydrogen) atoms.